The molecule has 1 aliphatic rings. The number of carbonyl (C=O) groups is 1. The number of aliphatic carboxylic acids is 1. The predicted octanol–water partition coefficient (Wildman–Crippen LogP) is 2.20. The molecule has 0 amide bonds. The summed E-state index contributed by atoms with van der Waals surface area (Å²) in [6.45, 7) is 3.78. The Labute approximate surface area is 89.1 Å². The van der Waals surface area contributed by atoms with Gasteiger partial charge in [0.2, 0.25) is 0 Å². The quantitative estimate of drug-likeness (QED) is 0.739. The maximum atomic E-state index is 11.1. The molecule has 2 rings (SSSR count). The van der Waals surface area contributed by atoms with Crippen molar-refractivity contribution in [1.29, 1.82) is 0 Å². The lowest BCUT2D eigenvalue weighted by atomic mass is 9.87. The number of anilines is 1. The number of carboxylic acids is 1. The summed E-state index contributed by atoms with van der Waals surface area (Å²) in [7, 11) is 0. The first-order valence-electron chi connectivity index (χ1n) is 5.12. The molecule has 1 aromatic carbocycles. The number of carboxylic acid groups (broad SMARTS) is 1. The van der Waals surface area contributed by atoms with Crippen LogP contribution in [0.25, 0.3) is 0 Å². The van der Waals surface area contributed by atoms with Crippen LogP contribution in [0, 0.1) is 6.92 Å². The fourth-order valence-corrected chi connectivity index (χ4v) is 1.96. The molecule has 0 aromatic heterocycles. The second kappa shape index (κ2) is 3.26. The van der Waals surface area contributed by atoms with E-state index in [2.05, 4.69) is 11.4 Å². The Morgan fingerprint density at radius 1 is 1.53 bits per heavy atom. The number of rotatable bonds is 1. The summed E-state index contributed by atoms with van der Waals surface area (Å²) in [5, 5.41) is 12.2. The van der Waals surface area contributed by atoms with E-state index in [0.29, 0.717) is 6.42 Å². The third kappa shape index (κ3) is 1.69. The third-order valence-electron chi connectivity index (χ3n) is 3.04. The highest BCUT2D eigenvalue weighted by atomic mass is 16.4. The first-order chi connectivity index (χ1) is 7.01. The summed E-state index contributed by atoms with van der Waals surface area (Å²) in [6, 6.07) is 6.08. The minimum absolute atomic E-state index is 0.638. The number of hydrogen-bond acceptors (Lipinski definition) is 2. The second-order valence-corrected chi connectivity index (χ2v) is 4.42. The van der Waals surface area contributed by atoms with Crippen molar-refractivity contribution in [2.75, 3.05) is 5.32 Å². The molecule has 1 atom stereocenters. The van der Waals surface area contributed by atoms with Gasteiger partial charge in [0.15, 0.2) is 0 Å². The van der Waals surface area contributed by atoms with Gasteiger partial charge in [-0.15, -0.1) is 0 Å². The minimum Gasteiger partial charge on any atom is -0.480 e. The summed E-state index contributed by atoms with van der Waals surface area (Å²) >= 11 is 0. The standard InChI is InChI=1S/C12H15NO2/c1-8-3-4-10-9(7-8)5-6-12(2,13-10)11(14)15/h3-4,7,13H,5-6H2,1-2H3,(H,14,15). The van der Waals surface area contributed by atoms with Crippen LogP contribution in [0.3, 0.4) is 0 Å². The summed E-state index contributed by atoms with van der Waals surface area (Å²) in [4.78, 5) is 11.1. The molecule has 1 aromatic rings. The van der Waals surface area contributed by atoms with Crippen molar-refractivity contribution >= 4 is 11.7 Å². The summed E-state index contributed by atoms with van der Waals surface area (Å²) in [5.41, 5.74) is 2.57. The first kappa shape index (κ1) is 10.0. The molecule has 2 N–H and O–H groups in total. The zero-order valence-corrected chi connectivity index (χ0v) is 9.00. The van der Waals surface area contributed by atoms with Gasteiger partial charge in [-0.3, -0.25) is 0 Å². The zero-order chi connectivity index (χ0) is 11.1. The van der Waals surface area contributed by atoms with Crippen LogP contribution in [-0.2, 0) is 11.2 Å². The monoisotopic (exact) mass is 205 g/mol. The Balaban J connectivity index is 2.35. The lowest BCUT2D eigenvalue weighted by Gasteiger charge is -2.33. The number of hydrogen-bond donors (Lipinski definition) is 2. The highest BCUT2D eigenvalue weighted by Gasteiger charge is 2.36. The molecule has 0 spiro atoms. The minimum atomic E-state index is -0.817. The van der Waals surface area contributed by atoms with Gasteiger partial charge in [0.1, 0.15) is 5.54 Å². The van der Waals surface area contributed by atoms with Crippen molar-refractivity contribution in [3.63, 3.8) is 0 Å². The van der Waals surface area contributed by atoms with Crippen molar-refractivity contribution < 1.29 is 9.90 Å². The van der Waals surface area contributed by atoms with Crippen molar-refractivity contribution in [3.05, 3.63) is 29.3 Å². The maximum absolute atomic E-state index is 11.1. The van der Waals surface area contributed by atoms with Crippen LogP contribution < -0.4 is 5.32 Å². The SMILES string of the molecule is Cc1ccc2c(c1)CCC(C)(C(=O)O)N2. The molecule has 0 fully saturated rings. The van der Waals surface area contributed by atoms with E-state index in [-0.39, 0.29) is 0 Å². The fourth-order valence-electron chi connectivity index (χ4n) is 1.96. The van der Waals surface area contributed by atoms with Crippen LogP contribution >= 0.6 is 0 Å². The molecule has 0 saturated heterocycles. The van der Waals surface area contributed by atoms with Gasteiger partial charge >= 0.3 is 5.97 Å². The van der Waals surface area contributed by atoms with Crippen LogP contribution in [0.2, 0.25) is 0 Å². The van der Waals surface area contributed by atoms with E-state index in [0.717, 1.165) is 12.1 Å². The van der Waals surface area contributed by atoms with Gasteiger partial charge in [-0.2, -0.15) is 0 Å². The van der Waals surface area contributed by atoms with Crippen molar-refractivity contribution in [3.8, 4) is 0 Å². The Hall–Kier alpha value is -1.51. The average molecular weight is 205 g/mol. The van der Waals surface area contributed by atoms with Gasteiger partial charge in [-0.05, 0) is 38.3 Å². The third-order valence-corrected chi connectivity index (χ3v) is 3.04. The van der Waals surface area contributed by atoms with Gasteiger partial charge in [0.25, 0.3) is 0 Å². The topological polar surface area (TPSA) is 49.3 Å². The van der Waals surface area contributed by atoms with Gasteiger partial charge < -0.3 is 10.4 Å². The molecule has 15 heavy (non-hydrogen) atoms. The van der Waals surface area contributed by atoms with E-state index in [1.54, 1.807) is 6.92 Å². The smallest absolute Gasteiger partial charge is 0.329 e. The molecular weight excluding hydrogens is 190 g/mol. The number of nitrogens with one attached hydrogen (secondary N) is 1. The van der Waals surface area contributed by atoms with Crippen molar-refractivity contribution in [1.82, 2.24) is 0 Å². The molecular formula is C12H15NO2. The van der Waals surface area contributed by atoms with Crippen molar-refractivity contribution in [2.24, 2.45) is 0 Å². The van der Waals surface area contributed by atoms with E-state index in [1.165, 1.54) is 11.1 Å². The molecule has 0 bridgehead atoms. The molecule has 1 aliphatic heterocycles. The average Bonchev–Trinajstić information content (AvgIpc) is 2.18. The van der Waals surface area contributed by atoms with Crippen LogP contribution in [0.4, 0.5) is 5.69 Å². The van der Waals surface area contributed by atoms with Crippen LogP contribution in [0.5, 0.6) is 0 Å². The molecule has 1 heterocycles. The molecule has 0 saturated carbocycles. The molecule has 0 aliphatic carbocycles. The van der Waals surface area contributed by atoms with Gasteiger partial charge in [-0.1, -0.05) is 17.7 Å². The lowest BCUT2D eigenvalue weighted by Crippen LogP contribution is -2.46. The summed E-state index contributed by atoms with van der Waals surface area (Å²) < 4.78 is 0. The molecule has 3 nitrogen and oxygen atoms in total. The predicted molar refractivity (Wildman–Crippen MR) is 59.2 cm³/mol. The molecule has 80 valence electrons. The first-order valence-corrected chi connectivity index (χ1v) is 5.12. The van der Waals surface area contributed by atoms with Crippen LogP contribution in [0.1, 0.15) is 24.5 Å². The summed E-state index contributed by atoms with van der Waals surface area (Å²) in [5.74, 6) is -0.784. The van der Waals surface area contributed by atoms with Gasteiger partial charge in [0.05, 0.1) is 0 Å². The maximum Gasteiger partial charge on any atom is 0.329 e. The highest BCUT2D eigenvalue weighted by molar-refractivity contribution is 5.83. The molecule has 0 radical (unpaired) electrons. The Kier molecular flexibility index (Phi) is 2.18. The van der Waals surface area contributed by atoms with Crippen molar-refractivity contribution in [2.45, 2.75) is 32.2 Å². The number of benzene rings is 1. The molecule has 1 unspecified atom stereocenters. The Morgan fingerprint density at radius 3 is 2.93 bits per heavy atom. The highest BCUT2D eigenvalue weighted by Crippen LogP contribution is 2.31. The summed E-state index contributed by atoms with van der Waals surface area (Å²) in [6.07, 6.45) is 1.46. The van der Waals surface area contributed by atoms with E-state index in [1.807, 2.05) is 19.1 Å². The Bertz CT molecular complexity index is 414. The van der Waals surface area contributed by atoms with E-state index in [9.17, 15) is 4.79 Å². The zero-order valence-electron chi connectivity index (χ0n) is 9.00. The number of fused-ring (bicyclic) bond motifs is 1. The second-order valence-electron chi connectivity index (χ2n) is 4.42. The van der Waals surface area contributed by atoms with Crippen LogP contribution in [0.15, 0.2) is 18.2 Å². The normalized spacial score (nSPS) is 24.1. The lowest BCUT2D eigenvalue weighted by molar-refractivity contribution is -0.142. The van der Waals surface area contributed by atoms with E-state index >= 15 is 0 Å². The molecule has 3 heteroatoms. The van der Waals surface area contributed by atoms with Crippen LogP contribution in [-0.4, -0.2) is 16.6 Å². The van der Waals surface area contributed by atoms with Gasteiger partial charge in [-0.25, -0.2) is 4.79 Å². The number of aryl methyl sites for hydroxylation is 2. The Morgan fingerprint density at radius 2 is 2.27 bits per heavy atom. The largest absolute Gasteiger partial charge is 0.480 e. The van der Waals surface area contributed by atoms with E-state index in [4.69, 9.17) is 5.11 Å². The fraction of sp³-hybridized carbons (Fsp3) is 0.417. The van der Waals surface area contributed by atoms with Gasteiger partial charge in [0, 0.05) is 5.69 Å². The van der Waals surface area contributed by atoms with E-state index < -0.39 is 11.5 Å².